The lowest BCUT2D eigenvalue weighted by atomic mass is 10.1. The SMILES string of the molecule is c1ccc(CCOc2ccccc2CNc2ccccc2OCC2CCCO2)cc1. The highest BCUT2D eigenvalue weighted by Gasteiger charge is 2.16. The second kappa shape index (κ2) is 10.7. The lowest BCUT2D eigenvalue weighted by molar-refractivity contribution is 0.0682. The summed E-state index contributed by atoms with van der Waals surface area (Å²) in [5.41, 5.74) is 3.39. The summed E-state index contributed by atoms with van der Waals surface area (Å²) >= 11 is 0. The number of nitrogens with one attached hydrogen (secondary N) is 1. The van der Waals surface area contributed by atoms with Gasteiger partial charge in [-0.05, 0) is 36.6 Å². The van der Waals surface area contributed by atoms with Crippen molar-refractivity contribution in [3.63, 3.8) is 0 Å². The van der Waals surface area contributed by atoms with Gasteiger partial charge >= 0.3 is 0 Å². The van der Waals surface area contributed by atoms with E-state index >= 15 is 0 Å². The van der Waals surface area contributed by atoms with Crippen LogP contribution in [0.15, 0.2) is 78.9 Å². The maximum atomic E-state index is 6.09. The maximum absolute atomic E-state index is 6.09. The number of ether oxygens (including phenoxy) is 3. The molecule has 0 aliphatic carbocycles. The van der Waals surface area contributed by atoms with Gasteiger partial charge in [0.15, 0.2) is 0 Å². The quantitative estimate of drug-likeness (QED) is 0.487. The van der Waals surface area contributed by atoms with Crippen molar-refractivity contribution in [2.45, 2.75) is 31.9 Å². The second-order valence-corrected chi connectivity index (χ2v) is 7.49. The van der Waals surface area contributed by atoms with E-state index in [0.29, 0.717) is 19.8 Å². The molecule has 1 aliphatic rings. The standard InChI is InChI=1S/C26H29NO3/c1-2-9-21(10-3-1)16-18-29-25-14-6-4-11-22(25)19-27-24-13-5-7-15-26(24)30-20-23-12-8-17-28-23/h1-7,9-11,13-15,23,27H,8,12,16-20H2. The van der Waals surface area contributed by atoms with Crippen LogP contribution in [0.5, 0.6) is 11.5 Å². The first-order valence-corrected chi connectivity index (χ1v) is 10.7. The van der Waals surface area contributed by atoms with Crippen LogP contribution in [-0.2, 0) is 17.7 Å². The fourth-order valence-electron chi connectivity index (χ4n) is 3.60. The molecule has 3 aromatic carbocycles. The summed E-state index contributed by atoms with van der Waals surface area (Å²) in [6.07, 6.45) is 3.29. The minimum atomic E-state index is 0.205. The largest absolute Gasteiger partial charge is 0.493 e. The molecule has 4 nitrogen and oxygen atoms in total. The smallest absolute Gasteiger partial charge is 0.142 e. The lowest BCUT2D eigenvalue weighted by Gasteiger charge is -2.17. The molecular formula is C26H29NO3. The summed E-state index contributed by atoms with van der Waals surface area (Å²) in [5.74, 6) is 1.77. The molecule has 1 atom stereocenters. The fourth-order valence-corrected chi connectivity index (χ4v) is 3.60. The first-order valence-electron chi connectivity index (χ1n) is 10.7. The van der Waals surface area contributed by atoms with Crippen LogP contribution in [-0.4, -0.2) is 25.9 Å². The first-order chi connectivity index (χ1) is 14.9. The Labute approximate surface area is 178 Å². The molecule has 156 valence electrons. The number of hydrogen-bond acceptors (Lipinski definition) is 4. The van der Waals surface area contributed by atoms with E-state index in [1.165, 1.54) is 5.56 Å². The van der Waals surface area contributed by atoms with Crippen LogP contribution >= 0.6 is 0 Å². The third-order valence-corrected chi connectivity index (χ3v) is 5.27. The third-order valence-electron chi connectivity index (χ3n) is 5.27. The van der Waals surface area contributed by atoms with E-state index in [4.69, 9.17) is 14.2 Å². The highest BCUT2D eigenvalue weighted by atomic mass is 16.5. The molecule has 0 aromatic heterocycles. The summed E-state index contributed by atoms with van der Waals surface area (Å²) in [7, 11) is 0. The summed E-state index contributed by atoms with van der Waals surface area (Å²) in [6.45, 7) is 2.76. The minimum absolute atomic E-state index is 0.205. The van der Waals surface area contributed by atoms with Crippen LogP contribution in [0.3, 0.4) is 0 Å². The maximum Gasteiger partial charge on any atom is 0.142 e. The highest BCUT2D eigenvalue weighted by Crippen LogP contribution is 2.27. The second-order valence-electron chi connectivity index (χ2n) is 7.49. The average Bonchev–Trinajstić information content (AvgIpc) is 3.32. The zero-order valence-electron chi connectivity index (χ0n) is 17.3. The van der Waals surface area contributed by atoms with E-state index in [0.717, 1.165) is 48.6 Å². The van der Waals surface area contributed by atoms with Gasteiger partial charge in [0, 0.05) is 25.1 Å². The molecule has 1 aliphatic heterocycles. The molecular weight excluding hydrogens is 374 g/mol. The molecule has 1 fully saturated rings. The van der Waals surface area contributed by atoms with Crippen LogP contribution in [0.2, 0.25) is 0 Å². The van der Waals surface area contributed by atoms with Gasteiger partial charge < -0.3 is 19.5 Å². The van der Waals surface area contributed by atoms with Gasteiger partial charge in [-0.25, -0.2) is 0 Å². The van der Waals surface area contributed by atoms with Crippen LogP contribution < -0.4 is 14.8 Å². The average molecular weight is 404 g/mol. The molecule has 1 unspecified atom stereocenters. The van der Waals surface area contributed by atoms with Crippen LogP contribution in [0, 0.1) is 0 Å². The Kier molecular flexibility index (Phi) is 7.24. The molecule has 0 spiro atoms. The Morgan fingerprint density at radius 3 is 2.43 bits per heavy atom. The van der Waals surface area contributed by atoms with E-state index in [1.54, 1.807) is 0 Å². The molecule has 3 aromatic rings. The molecule has 0 bridgehead atoms. The van der Waals surface area contributed by atoms with Gasteiger partial charge in [-0.3, -0.25) is 0 Å². The van der Waals surface area contributed by atoms with E-state index in [9.17, 15) is 0 Å². The predicted molar refractivity (Wildman–Crippen MR) is 120 cm³/mol. The molecule has 0 amide bonds. The van der Waals surface area contributed by atoms with Crippen molar-refractivity contribution in [2.75, 3.05) is 25.1 Å². The van der Waals surface area contributed by atoms with Gasteiger partial charge in [-0.2, -0.15) is 0 Å². The molecule has 1 heterocycles. The normalized spacial score (nSPS) is 15.7. The van der Waals surface area contributed by atoms with Crippen molar-refractivity contribution in [1.82, 2.24) is 0 Å². The summed E-state index contributed by atoms with van der Waals surface area (Å²) < 4.78 is 17.8. The number of benzene rings is 3. The Bertz CT molecular complexity index is 907. The Balaban J connectivity index is 1.33. The van der Waals surface area contributed by atoms with Crippen molar-refractivity contribution in [3.8, 4) is 11.5 Å². The van der Waals surface area contributed by atoms with E-state index < -0.39 is 0 Å². The molecule has 0 radical (unpaired) electrons. The van der Waals surface area contributed by atoms with Crippen molar-refractivity contribution < 1.29 is 14.2 Å². The van der Waals surface area contributed by atoms with Crippen molar-refractivity contribution >= 4 is 5.69 Å². The molecule has 1 saturated heterocycles. The van der Waals surface area contributed by atoms with E-state index in [-0.39, 0.29) is 6.10 Å². The summed E-state index contributed by atoms with van der Waals surface area (Å²) in [5, 5.41) is 3.51. The van der Waals surface area contributed by atoms with Crippen LogP contribution in [0.25, 0.3) is 0 Å². The van der Waals surface area contributed by atoms with Gasteiger partial charge in [-0.15, -0.1) is 0 Å². The summed E-state index contributed by atoms with van der Waals surface area (Å²) in [6, 6.07) is 26.7. The topological polar surface area (TPSA) is 39.7 Å². The minimum Gasteiger partial charge on any atom is -0.493 e. The van der Waals surface area contributed by atoms with E-state index in [2.05, 4.69) is 35.6 Å². The van der Waals surface area contributed by atoms with Gasteiger partial charge in [0.2, 0.25) is 0 Å². The Hall–Kier alpha value is -2.98. The third kappa shape index (κ3) is 5.77. The van der Waals surface area contributed by atoms with Crippen LogP contribution in [0.1, 0.15) is 24.0 Å². The zero-order chi connectivity index (χ0) is 20.4. The molecule has 30 heavy (non-hydrogen) atoms. The molecule has 0 saturated carbocycles. The van der Waals surface area contributed by atoms with Crippen molar-refractivity contribution in [2.24, 2.45) is 0 Å². The van der Waals surface area contributed by atoms with Gasteiger partial charge in [0.25, 0.3) is 0 Å². The molecule has 1 N–H and O–H groups in total. The fraction of sp³-hybridized carbons (Fsp3) is 0.308. The highest BCUT2D eigenvalue weighted by molar-refractivity contribution is 5.56. The number of anilines is 1. The molecule has 4 rings (SSSR count). The van der Waals surface area contributed by atoms with Gasteiger partial charge in [0.1, 0.15) is 18.1 Å². The van der Waals surface area contributed by atoms with E-state index in [1.807, 2.05) is 48.5 Å². The van der Waals surface area contributed by atoms with Crippen LogP contribution in [0.4, 0.5) is 5.69 Å². The van der Waals surface area contributed by atoms with Crippen molar-refractivity contribution in [1.29, 1.82) is 0 Å². The predicted octanol–water partition coefficient (Wildman–Crippen LogP) is 5.48. The number of hydrogen-bond donors (Lipinski definition) is 1. The van der Waals surface area contributed by atoms with Gasteiger partial charge in [0.05, 0.1) is 18.4 Å². The summed E-state index contributed by atoms with van der Waals surface area (Å²) in [4.78, 5) is 0. The Morgan fingerprint density at radius 1 is 0.833 bits per heavy atom. The monoisotopic (exact) mass is 403 g/mol. The van der Waals surface area contributed by atoms with Gasteiger partial charge in [-0.1, -0.05) is 60.7 Å². The number of para-hydroxylation sites is 3. The lowest BCUT2D eigenvalue weighted by Crippen LogP contribution is -2.17. The molecule has 4 heteroatoms. The zero-order valence-corrected chi connectivity index (χ0v) is 17.3. The number of rotatable bonds is 10. The first kappa shape index (κ1) is 20.3. The van der Waals surface area contributed by atoms with Crippen molar-refractivity contribution in [3.05, 3.63) is 90.0 Å². The Morgan fingerprint density at radius 2 is 1.60 bits per heavy atom.